The van der Waals surface area contributed by atoms with Crippen molar-refractivity contribution in [3.63, 3.8) is 0 Å². The highest BCUT2D eigenvalue weighted by molar-refractivity contribution is 5.95. The summed E-state index contributed by atoms with van der Waals surface area (Å²) in [6, 6.07) is 12.6. The van der Waals surface area contributed by atoms with Gasteiger partial charge < -0.3 is 16.2 Å². The molecule has 138 valence electrons. The van der Waals surface area contributed by atoms with Gasteiger partial charge in [-0.2, -0.15) is 4.99 Å². The number of alkyl halides is 3. The SMILES string of the molecule is Cc1ccc(CC(C(=O)N=C(N)N)c2cccc(OC(F)(F)F)c2)cc1. The molecule has 4 N–H and O–H groups in total. The predicted octanol–water partition coefficient (Wildman–Crippen LogP) is 3.02. The summed E-state index contributed by atoms with van der Waals surface area (Å²) in [6.45, 7) is 1.92. The fourth-order valence-corrected chi connectivity index (χ4v) is 2.44. The number of aliphatic imine (C=N–C) groups is 1. The molecule has 2 aromatic rings. The molecular formula is C18H18F3N3O2. The summed E-state index contributed by atoms with van der Waals surface area (Å²) in [5.41, 5.74) is 12.7. The van der Waals surface area contributed by atoms with E-state index in [1.807, 2.05) is 31.2 Å². The van der Waals surface area contributed by atoms with Gasteiger partial charge in [-0.05, 0) is 36.6 Å². The van der Waals surface area contributed by atoms with Gasteiger partial charge in [0.1, 0.15) is 5.75 Å². The van der Waals surface area contributed by atoms with Crippen LogP contribution in [-0.2, 0) is 11.2 Å². The van der Waals surface area contributed by atoms with Gasteiger partial charge in [-0.15, -0.1) is 13.2 Å². The van der Waals surface area contributed by atoms with Crippen LogP contribution >= 0.6 is 0 Å². The average molecular weight is 365 g/mol. The number of guanidine groups is 1. The van der Waals surface area contributed by atoms with Crippen LogP contribution in [0.5, 0.6) is 5.75 Å². The molecule has 0 saturated heterocycles. The molecule has 8 heteroatoms. The third-order valence-corrected chi connectivity index (χ3v) is 3.59. The molecule has 0 heterocycles. The largest absolute Gasteiger partial charge is 0.573 e. The van der Waals surface area contributed by atoms with Crippen molar-refractivity contribution in [2.75, 3.05) is 0 Å². The van der Waals surface area contributed by atoms with E-state index >= 15 is 0 Å². The summed E-state index contributed by atoms with van der Waals surface area (Å²) in [6.07, 6.45) is -4.60. The summed E-state index contributed by atoms with van der Waals surface area (Å²) in [7, 11) is 0. The van der Waals surface area contributed by atoms with Gasteiger partial charge in [0.05, 0.1) is 5.92 Å². The van der Waals surface area contributed by atoms with Crippen LogP contribution in [0.1, 0.15) is 22.6 Å². The average Bonchev–Trinajstić information content (AvgIpc) is 2.52. The van der Waals surface area contributed by atoms with E-state index in [1.165, 1.54) is 12.1 Å². The second-order valence-electron chi connectivity index (χ2n) is 5.74. The first-order valence-electron chi connectivity index (χ1n) is 7.69. The number of hydrogen-bond donors (Lipinski definition) is 2. The summed E-state index contributed by atoms with van der Waals surface area (Å²) >= 11 is 0. The molecule has 0 radical (unpaired) electrons. The lowest BCUT2D eigenvalue weighted by molar-refractivity contribution is -0.274. The lowest BCUT2D eigenvalue weighted by Gasteiger charge is -2.16. The highest BCUT2D eigenvalue weighted by Gasteiger charge is 2.31. The first-order valence-corrected chi connectivity index (χ1v) is 7.69. The van der Waals surface area contributed by atoms with Gasteiger partial charge in [0, 0.05) is 0 Å². The molecule has 0 aliphatic carbocycles. The van der Waals surface area contributed by atoms with Gasteiger partial charge in [0.25, 0.3) is 5.91 Å². The van der Waals surface area contributed by atoms with E-state index in [4.69, 9.17) is 11.5 Å². The number of carbonyl (C=O) groups is 1. The van der Waals surface area contributed by atoms with Gasteiger partial charge in [-0.3, -0.25) is 4.79 Å². The van der Waals surface area contributed by atoms with E-state index < -0.39 is 29.9 Å². The Kier molecular flexibility index (Phi) is 5.86. The number of nitrogens with two attached hydrogens (primary N) is 2. The zero-order valence-electron chi connectivity index (χ0n) is 14.0. The van der Waals surface area contributed by atoms with E-state index in [0.29, 0.717) is 5.56 Å². The molecule has 0 aliphatic heterocycles. The zero-order valence-corrected chi connectivity index (χ0v) is 14.0. The van der Waals surface area contributed by atoms with Crippen molar-refractivity contribution in [2.45, 2.75) is 25.6 Å². The Morgan fingerprint density at radius 3 is 2.38 bits per heavy atom. The molecule has 0 aromatic heterocycles. The van der Waals surface area contributed by atoms with Gasteiger partial charge >= 0.3 is 6.36 Å². The monoisotopic (exact) mass is 365 g/mol. The summed E-state index contributed by atoms with van der Waals surface area (Å²) in [5.74, 6) is -2.32. The fourth-order valence-electron chi connectivity index (χ4n) is 2.44. The van der Waals surface area contributed by atoms with Crippen LogP contribution < -0.4 is 16.2 Å². The number of benzene rings is 2. The van der Waals surface area contributed by atoms with E-state index in [2.05, 4.69) is 9.73 Å². The molecule has 2 aromatic carbocycles. The van der Waals surface area contributed by atoms with Crippen molar-refractivity contribution in [1.29, 1.82) is 0 Å². The number of nitrogens with zero attached hydrogens (tertiary/aromatic N) is 1. The van der Waals surface area contributed by atoms with Gasteiger partial charge in [-0.25, -0.2) is 0 Å². The van der Waals surface area contributed by atoms with E-state index in [1.54, 1.807) is 0 Å². The lowest BCUT2D eigenvalue weighted by Crippen LogP contribution is -2.26. The molecular weight excluding hydrogens is 347 g/mol. The third kappa shape index (κ3) is 5.80. The maximum absolute atomic E-state index is 12.4. The fraction of sp³-hybridized carbons (Fsp3) is 0.222. The normalized spacial score (nSPS) is 12.3. The first kappa shape index (κ1) is 19.3. The van der Waals surface area contributed by atoms with E-state index in [-0.39, 0.29) is 6.42 Å². The molecule has 1 atom stereocenters. The molecule has 5 nitrogen and oxygen atoms in total. The number of aryl methyl sites for hydroxylation is 1. The number of rotatable bonds is 5. The van der Waals surface area contributed by atoms with Crippen molar-refractivity contribution in [2.24, 2.45) is 16.5 Å². The van der Waals surface area contributed by atoms with Gasteiger partial charge in [0.15, 0.2) is 5.96 Å². The quantitative estimate of drug-likeness (QED) is 0.629. The molecule has 0 fully saturated rings. The molecule has 0 aliphatic rings. The third-order valence-electron chi connectivity index (χ3n) is 3.59. The van der Waals surface area contributed by atoms with E-state index in [0.717, 1.165) is 23.3 Å². The molecule has 1 unspecified atom stereocenters. The highest BCUT2D eigenvalue weighted by Crippen LogP contribution is 2.29. The van der Waals surface area contributed by atoms with Crippen LogP contribution in [-0.4, -0.2) is 18.2 Å². The van der Waals surface area contributed by atoms with Gasteiger partial charge in [-0.1, -0.05) is 42.0 Å². The molecule has 0 saturated carbocycles. The highest BCUT2D eigenvalue weighted by atomic mass is 19.4. The maximum atomic E-state index is 12.4. The summed E-state index contributed by atoms with van der Waals surface area (Å²) in [5, 5.41) is 0. The Morgan fingerprint density at radius 2 is 1.81 bits per heavy atom. The Hall–Kier alpha value is -3.03. The Morgan fingerprint density at radius 1 is 1.15 bits per heavy atom. The molecule has 2 rings (SSSR count). The van der Waals surface area contributed by atoms with Crippen LogP contribution in [0.3, 0.4) is 0 Å². The minimum absolute atomic E-state index is 0.228. The van der Waals surface area contributed by atoms with Crippen LogP contribution in [0.25, 0.3) is 0 Å². The second-order valence-corrected chi connectivity index (χ2v) is 5.74. The van der Waals surface area contributed by atoms with Crippen LogP contribution in [0, 0.1) is 6.92 Å². The van der Waals surface area contributed by atoms with Crippen LogP contribution in [0.4, 0.5) is 13.2 Å². The number of hydrogen-bond acceptors (Lipinski definition) is 2. The smallest absolute Gasteiger partial charge is 0.406 e. The number of amides is 1. The lowest BCUT2D eigenvalue weighted by atomic mass is 9.91. The summed E-state index contributed by atoms with van der Waals surface area (Å²) < 4.78 is 41.3. The summed E-state index contributed by atoms with van der Waals surface area (Å²) in [4.78, 5) is 16.0. The van der Waals surface area contributed by atoms with Crippen molar-refractivity contribution in [3.8, 4) is 5.75 Å². The standard InChI is InChI=1S/C18H18F3N3O2/c1-11-5-7-12(8-6-11)9-15(16(25)24-17(22)23)13-3-2-4-14(10-13)26-18(19,20)21/h2-8,10,15H,9H2,1H3,(H4,22,23,24,25). The Balaban J connectivity index is 2.37. The van der Waals surface area contributed by atoms with Crippen molar-refractivity contribution in [1.82, 2.24) is 0 Å². The van der Waals surface area contributed by atoms with Crippen molar-refractivity contribution >= 4 is 11.9 Å². The first-order chi connectivity index (χ1) is 12.1. The van der Waals surface area contributed by atoms with Crippen LogP contribution in [0.2, 0.25) is 0 Å². The minimum atomic E-state index is -4.82. The Bertz CT molecular complexity index is 798. The van der Waals surface area contributed by atoms with Crippen molar-refractivity contribution < 1.29 is 22.7 Å². The number of carbonyl (C=O) groups excluding carboxylic acids is 1. The minimum Gasteiger partial charge on any atom is -0.406 e. The van der Waals surface area contributed by atoms with Crippen molar-refractivity contribution in [3.05, 3.63) is 65.2 Å². The second kappa shape index (κ2) is 7.90. The zero-order chi connectivity index (χ0) is 19.3. The molecule has 26 heavy (non-hydrogen) atoms. The Labute approximate surface area is 148 Å². The molecule has 0 bridgehead atoms. The molecule has 1 amide bonds. The topological polar surface area (TPSA) is 90.7 Å². The maximum Gasteiger partial charge on any atom is 0.573 e. The predicted molar refractivity (Wildman–Crippen MR) is 91.6 cm³/mol. The number of ether oxygens (including phenoxy) is 1. The van der Waals surface area contributed by atoms with Gasteiger partial charge in [0.2, 0.25) is 0 Å². The van der Waals surface area contributed by atoms with Crippen LogP contribution in [0.15, 0.2) is 53.5 Å². The molecule has 0 spiro atoms. The van der Waals surface area contributed by atoms with E-state index in [9.17, 15) is 18.0 Å². The number of halogens is 3.